The van der Waals surface area contributed by atoms with Crippen molar-refractivity contribution in [2.24, 2.45) is 64.6 Å². The van der Waals surface area contributed by atoms with Crippen molar-refractivity contribution in [2.45, 2.75) is 64.4 Å². The molecule has 0 spiro atoms. The van der Waals surface area contributed by atoms with Gasteiger partial charge in [0, 0.05) is 13.2 Å². The molecule has 162 valence electrons. The van der Waals surface area contributed by atoms with Crippen molar-refractivity contribution in [3.05, 3.63) is 0 Å². The fraction of sp³-hybridized carbons (Fsp3) is 1.00. The molecule has 6 saturated carbocycles. The summed E-state index contributed by atoms with van der Waals surface area (Å²) in [5.74, 6) is 10.1. The lowest BCUT2D eigenvalue weighted by Gasteiger charge is -2.43. The van der Waals surface area contributed by atoms with Crippen LogP contribution in [0, 0.1) is 64.6 Å². The van der Waals surface area contributed by atoms with E-state index in [0.29, 0.717) is 5.41 Å². The Morgan fingerprint density at radius 2 is 1.48 bits per heavy atom. The summed E-state index contributed by atoms with van der Waals surface area (Å²) in [4.78, 5) is 0. The van der Waals surface area contributed by atoms with Crippen LogP contribution in [-0.2, 0) is 14.2 Å². The van der Waals surface area contributed by atoms with E-state index in [-0.39, 0.29) is 5.60 Å². The molecule has 11 atom stereocenters. The molecule has 11 unspecified atom stereocenters. The van der Waals surface area contributed by atoms with Gasteiger partial charge in [0.2, 0.25) is 0 Å². The predicted molar refractivity (Wildman–Crippen MR) is 111 cm³/mol. The first kappa shape index (κ1) is 18.5. The molecule has 7 fully saturated rings. The van der Waals surface area contributed by atoms with Crippen molar-refractivity contribution in [1.29, 1.82) is 0 Å². The summed E-state index contributed by atoms with van der Waals surface area (Å²) < 4.78 is 17.9. The number of ether oxygens (including phenoxy) is 3. The molecular formula is C26H40O3. The molecule has 0 aromatic carbocycles. The highest BCUT2D eigenvalue weighted by Crippen LogP contribution is 2.74. The van der Waals surface area contributed by atoms with Crippen LogP contribution < -0.4 is 0 Å². The minimum absolute atomic E-state index is 0.0532. The van der Waals surface area contributed by atoms with Crippen molar-refractivity contribution >= 4 is 0 Å². The molecule has 0 amide bonds. The molecule has 1 aliphatic heterocycles. The third-order valence-electron chi connectivity index (χ3n) is 10.9. The van der Waals surface area contributed by atoms with Crippen LogP contribution in [0.4, 0.5) is 0 Å². The van der Waals surface area contributed by atoms with Gasteiger partial charge in [-0.15, -0.1) is 0 Å². The lowest BCUT2D eigenvalue weighted by molar-refractivity contribution is -0.00135. The topological polar surface area (TPSA) is 31.0 Å². The van der Waals surface area contributed by atoms with Gasteiger partial charge >= 0.3 is 0 Å². The average molecular weight is 401 g/mol. The zero-order valence-electron chi connectivity index (χ0n) is 18.5. The summed E-state index contributed by atoms with van der Waals surface area (Å²) in [6.07, 6.45) is 10.3. The van der Waals surface area contributed by atoms with E-state index in [2.05, 4.69) is 13.8 Å². The second kappa shape index (κ2) is 6.23. The predicted octanol–water partition coefficient (Wildman–Crippen LogP) is 4.79. The van der Waals surface area contributed by atoms with Crippen LogP contribution >= 0.6 is 0 Å². The highest BCUT2D eigenvalue weighted by Gasteiger charge is 2.68. The van der Waals surface area contributed by atoms with E-state index in [1.165, 1.54) is 38.5 Å². The zero-order chi connectivity index (χ0) is 19.4. The van der Waals surface area contributed by atoms with E-state index in [9.17, 15) is 0 Å². The molecule has 1 heterocycles. The van der Waals surface area contributed by atoms with E-state index in [1.807, 2.05) is 0 Å². The van der Waals surface area contributed by atoms with Crippen molar-refractivity contribution in [1.82, 2.24) is 0 Å². The summed E-state index contributed by atoms with van der Waals surface area (Å²) >= 11 is 0. The lowest BCUT2D eigenvalue weighted by Crippen LogP contribution is -2.39. The van der Waals surface area contributed by atoms with Crippen LogP contribution in [0.15, 0.2) is 0 Å². The third kappa shape index (κ3) is 2.93. The summed E-state index contributed by atoms with van der Waals surface area (Å²) in [5.41, 5.74) is 0.599. The van der Waals surface area contributed by atoms with E-state index < -0.39 is 0 Å². The molecule has 7 aliphatic rings. The maximum Gasteiger partial charge on any atom is 0.112 e. The highest BCUT2D eigenvalue weighted by molar-refractivity contribution is 5.16. The number of epoxide rings is 1. The Hall–Kier alpha value is -0.120. The molecule has 0 aromatic rings. The van der Waals surface area contributed by atoms with Gasteiger partial charge in [-0.25, -0.2) is 0 Å². The molecular weight excluding hydrogens is 360 g/mol. The van der Waals surface area contributed by atoms with Gasteiger partial charge in [-0.3, -0.25) is 0 Å². The van der Waals surface area contributed by atoms with Crippen molar-refractivity contribution < 1.29 is 14.2 Å². The molecule has 1 saturated heterocycles. The van der Waals surface area contributed by atoms with Crippen LogP contribution in [0.5, 0.6) is 0 Å². The minimum Gasteiger partial charge on any atom is -0.381 e. The first-order valence-electron chi connectivity index (χ1n) is 12.8. The largest absolute Gasteiger partial charge is 0.381 e. The fourth-order valence-corrected chi connectivity index (χ4v) is 9.36. The molecule has 29 heavy (non-hydrogen) atoms. The van der Waals surface area contributed by atoms with E-state index >= 15 is 0 Å². The minimum atomic E-state index is 0.0532. The summed E-state index contributed by atoms with van der Waals surface area (Å²) in [5, 5.41) is 0. The van der Waals surface area contributed by atoms with Gasteiger partial charge in [-0.05, 0) is 116 Å². The molecule has 0 N–H and O–H groups in total. The SMILES string of the molecule is CC1(COCC2CC3C(C2)C2CC3C3C4CC(COCC5(C)CO5)C(C4)C23)CC1. The van der Waals surface area contributed by atoms with E-state index in [1.54, 1.807) is 6.42 Å². The fourth-order valence-electron chi connectivity index (χ4n) is 9.36. The van der Waals surface area contributed by atoms with Crippen LogP contribution in [-0.4, -0.2) is 38.6 Å². The quantitative estimate of drug-likeness (QED) is 0.434. The first-order chi connectivity index (χ1) is 14.0. The summed E-state index contributed by atoms with van der Waals surface area (Å²) in [6.45, 7) is 9.37. The summed E-state index contributed by atoms with van der Waals surface area (Å²) in [7, 11) is 0. The molecule has 4 bridgehead atoms. The van der Waals surface area contributed by atoms with Gasteiger partial charge in [-0.2, -0.15) is 0 Å². The molecule has 0 radical (unpaired) electrons. The summed E-state index contributed by atoms with van der Waals surface area (Å²) in [6, 6.07) is 0. The first-order valence-corrected chi connectivity index (χ1v) is 12.8. The van der Waals surface area contributed by atoms with Gasteiger partial charge < -0.3 is 14.2 Å². The lowest BCUT2D eigenvalue weighted by atomic mass is 9.62. The monoisotopic (exact) mass is 400 g/mol. The molecule has 3 heteroatoms. The Morgan fingerprint density at radius 3 is 2.21 bits per heavy atom. The maximum atomic E-state index is 6.22. The number of hydrogen-bond acceptors (Lipinski definition) is 3. The van der Waals surface area contributed by atoms with Gasteiger partial charge in [0.1, 0.15) is 5.60 Å². The second-order valence-electron chi connectivity index (χ2n) is 13.1. The van der Waals surface area contributed by atoms with Crippen LogP contribution in [0.1, 0.15) is 58.8 Å². The van der Waals surface area contributed by atoms with Crippen LogP contribution in [0.25, 0.3) is 0 Å². The normalized spacial score (nSPS) is 57.3. The van der Waals surface area contributed by atoms with Gasteiger partial charge in [0.05, 0.1) is 19.8 Å². The highest BCUT2D eigenvalue weighted by atomic mass is 16.6. The van der Waals surface area contributed by atoms with Gasteiger partial charge in [0.25, 0.3) is 0 Å². The molecule has 0 aromatic heterocycles. The van der Waals surface area contributed by atoms with E-state index in [0.717, 1.165) is 92.2 Å². The average Bonchev–Trinajstić information content (AvgIpc) is 3.26. The van der Waals surface area contributed by atoms with Crippen molar-refractivity contribution in [3.8, 4) is 0 Å². The molecule has 7 rings (SSSR count). The smallest absolute Gasteiger partial charge is 0.112 e. The van der Waals surface area contributed by atoms with Gasteiger partial charge in [0.15, 0.2) is 0 Å². The van der Waals surface area contributed by atoms with Crippen molar-refractivity contribution in [2.75, 3.05) is 33.0 Å². The molecule has 6 aliphatic carbocycles. The van der Waals surface area contributed by atoms with E-state index in [4.69, 9.17) is 14.2 Å². The Balaban J connectivity index is 0.971. The Morgan fingerprint density at radius 1 is 0.759 bits per heavy atom. The zero-order valence-corrected chi connectivity index (χ0v) is 18.5. The molecule has 3 nitrogen and oxygen atoms in total. The van der Waals surface area contributed by atoms with Crippen LogP contribution in [0.2, 0.25) is 0 Å². The Bertz CT molecular complexity index is 667. The number of hydrogen-bond donors (Lipinski definition) is 0. The van der Waals surface area contributed by atoms with Gasteiger partial charge in [-0.1, -0.05) is 6.92 Å². The number of rotatable bonds is 8. The van der Waals surface area contributed by atoms with Crippen molar-refractivity contribution in [3.63, 3.8) is 0 Å². The third-order valence-corrected chi connectivity index (χ3v) is 10.9. The second-order valence-corrected chi connectivity index (χ2v) is 13.1. The maximum absolute atomic E-state index is 6.22. The van der Waals surface area contributed by atoms with Crippen LogP contribution in [0.3, 0.4) is 0 Å². The Labute approximate surface area is 176 Å². The number of fused-ring (bicyclic) bond motifs is 12. The standard InChI is InChI=1S/C26H40O3/c1-25(3-4-25)12-27-10-15-5-19-20(6-15)22-9-21(19)23-16-7-17(18(8-16)24(22)23)11-28-13-26(2)14-29-26/h15-24H,3-14H2,1-2H3. The Kier molecular flexibility index (Phi) is 3.96.